The van der Waals surface area contributed by atoms with Gasteiger partial charge in [0.25, 0.3) is 0 Å². The van der Waals surface area contributed by atoms with Crippen LogP contribution < -0.4 is 0 Å². The van der Waals surface area contributed by atoms with Crippen LogP contribution in [0, 0.1) is 29.1 Å². The maximum Gasteiger partial charge on any atom is -0.0143 e. The summed E-state index contributed by atoms with van der Waals surface area (Å²) in [5, 5.41) is 0. The third-order valence-electron chi connectivity index (χ3n) is 8.29. The third kappa shape index (κ3) is 4.80. The number of hydrogen-bond donors (Lipinski definition) is 0. The van der Waals surface area contributed by atoms with Crippen molar-refractivity contribution in [2.24, 2.45) is 29.1 Å². The molecule has 152 valence electrons. The van der Waals surface area contributed by atoms with Gasteiger partial charge in [0.05, 0.1) is 0 Å². The second kappa shape index (κ2) is 9.15. The van der Waals surface area contributed by atoms with E-state index in [4.69, 9.17) is 0 Å². The van der Waals surface area contributed by atoms with Crippen LogP contribution in [0.5, 0.6) is 0 Å². The molecule has 3 rings (SSSR count). The minimum absolute atomic E-state index is 0.559. The Balaban J connectivity index is 1.69. The van der Waals surface area contributed by atoms with Crippen molar-refractivity contribution in [2.45, 2.75) is 105 Å². The average molecular weight is 369 g/mol. The Hall–Kier alpha value is -0.780. The van der Waals surface area contributed by atoms with Crippen molar-refractivity contribution in [2.75, 3.05) is 0 Å². The van der Waals surface area contributed by atoms with E-state index in [2.05, 4.69) is 46.4 Å². The van der Waals surface area contributed by atoms with Crippen molar-refractivity contribution in [3.63, 3.8) is 0 Å². The van der Waals surface area contributed by atoms with Crippen LogP contribution in [0.2, 0.25) is 0 Å². The zero-order valence-corrected chi connectivity index (χ0v) is 18.7. The molecule has 0 spiro atoms. The van der Waals surface area contributed by atoms with Crippen molar-refractivity contribution in [1.29, 1.82) is 0 Å². The van der Waals surface area contributed by atoms with Gasteiger partial charge in [-0.15, -0.1) is 0 Å². The van der Waals surface area contributed by atoms with E-state index >= 15 is 0 Å². The van der Waals surface area contributed by atoms with E-state index in [1.807, 2.05) is 0 Å². The molecule has 0 aromatic heterocycles. The van der Waals surface area contributed by atoms with Crippen molar-refractivity contribution >= 4 is 0 Å². The first-order chi connectivity index (χ1) is 12.9. The van der Waals surface area contributed by atoms with Crippen LogP contribution in [0.25, 0.3) is 0 Å². The zero-order chi connectivity index (χ0) is 19.4. The summed E-state index contributed by atoms with van der Waals surface area (Å²) in [7, 11) is 0. The second-order valence-corrected chi connectivity index (χ2v) is 10.6. The van der Waals surface area contributed by atoms with Gasteiger partial charge in [0.1, 0.15) is 0 Å². The molecule has 0 bridgehead atoms. The normalized spacial score (nSPS) is 35.8. The van der Waals surface area contributed by atoms with Crippen LogP contribution in [-0.4, -0.2) is 0 Å². The quantitative estimate of drug-likeness (QED) is 0.440. The van der Waals surface area contributed by atoms with Crippen LogP contribution in [0.4, 0.5) is 0 Å². The van der Waals surface area contributed by atoms with E-state index in [9.17, 15) is 0 Å². The first-order valence-corrected chi connectivity index (χ1v) is 12.0. The van der Waals surface area contributed by atoms with Crippen LogP contribution in [0.1, 0.15) is 105 Å². The number of rotatable bonds is 6. The van der Waals surface area contributed by atoms with Gasteiger partial charge in [-0.3, -0.25) is 0 Å². The lowest BCUT2D eigenvalue weighted by atomic mass is 9.60. The van der Waals surface area contributed by atoms with E-state index in [-0.39, 0.29) is 0 Å². The predicted octanol–water partition coefficient (Wildman–Crippen LogP) is 8.65. The van der Waals surface area contributed by atoms with Gasteiger partial charge < -0.3 is 0 Å². The molecule has 0 N–H and O–H groups in total. The molecular weight excluding hydrogens is 324 g/mol. The minimum Gasteiger partial charge on any atom is -0.0956 e. The van der Waals surface area contributed by atoms with Crippen molar-refractivity contribution in [1.82, 2.24) is 0 Å². The SMILES string of the molecule is C=C1CCCC/C1=C/C=C1\CCCC2(C)C(C(C)CCCC(C)C)CC[C@@H]12. The Morgan fingerprint density at radius 2 is 1.78 bits per heavy atom. The maximum atomic E-state index is 4.32. The molecule has 3 fully saturated rings. The van der Waals surface area contributed by atoms with Gasteiger partial charge in [-0.25, -0.2) is 0 Å². The summed E-state index contributed by atoms with van der Waals surface area (Å²) in [4.78, 5) is 0. The molecule has 4 atom stereocenters. The molecule has 3 aliphatic rings. The maximum absolute atomic E-state index is 4.32. The molecule has 0 aromatic carbocycles. The fourth-order valence-corrected chi connectivity index (χ4v) is 6.66. The topological polar surface area (TPSA) is 0 Å². The molecule has 0 amide bonds. The molecule has 0 nitrogen and oxygen atoms in total. The molecule has 3 unspecified atom stereocenters. The van der Waals surface area contributed by atoms with Crippen molar-refractivity contribution in [3.05, 3.63) is 35.5 Å². The van der Waals surface area contributed by atoms with Crippen LogP contribution in [0.3, 0.4) is 0 Å². The Labute approximate surface area is 169 Å². The molecule has 0 aromatic rings. The highest BCUT2D eigenvalue weighted by atomic mass is 14.5. The summed E-state index contributed by atoms with van der Waals surface area (Å²) in [6, 6.07) is 0. The fourth-order valence-electron chi connectivity index (χ4n) is 6.66. The second-order valence-electron chi connectivity index (χ2n) is 10.6. The van der Waals surface area contributed by atoms with Crippen LogP contribution in [-0.2, 0) is 0 Å². The number of hydrogen-bond acceptors (Lipinski definition) is 0. The molecule has 0 heterocycles. The lowest BCUT2D eigenvalue weighted by Gasteiger charge is -2.44. The Bertz CT molecular complexity index is 575. The standard InChI is InChI=1S/C27H44/c1-20(2)10-8-12-22(4)25-17-18-26-24(14-9-19-27(25,26)5)16-15-23-13-7-6-11-21(23)3/h15-16,20,22,25-26H,3,6-14,17-19H2,1-2,4-5H3/b23-15-,24-16+/t22?,25?,26-,27?/m0/s1. The summed E-state index contributed by atoms with van der Waals surface area (Å²) in [5.74, 6) is 3.54. The third-order valence-corrected chi connectivity index (χ3v) is 8.29. The van der Waals surface area contributed by atoms with E-state index < -0.39 is 0 Å². The van der Waals surface area contributed by atoms with Gasteiger partial charge in [-0.1, -0.05) is 76.8 Å². The first kappa shape index (κ1) is 20.9. The van der Waals surface area contributed by atoms with Gasteiger partial charge in [0.2, 0.25) is 0 Å². The number of allylic oxidation sites excluding steroid dienone is 5. The van der Waals surface area contributed by atoms with Crippen LogP contribution in [0.15, 0.2) is 35.5 Å². The molecule has 0 heteroatoms. The molecule has 3 saturated carbocycles. The summed E-state index contributed by atoms with van der Waals surface area (Å²) in [6.45, 7) is 14.3. The Morgan fingerprint density at radius 1 is 1.00 bits per heavy atom. The summed E-state index contributed by atoms with van der Waals surface area (Å²) >= 11 is 0. The molecule has 27 heavy (non-hydrogen) atoms. The van der Waals surface area contributed by atoms with Gasteiger partial charge in [-0.05, 0) is 92.4 Å². The molecular formula is C27H44. The van der Waals surface area contributed by atoms with Crippen molar-refractivity contribution in [3.8, 4) is 0 Å². The molecule has 3 aliphatic carbocycles. The van der Waals surface area contributed by atoms with Gasteiger partial charge >= 0.3 is 0 Å². The fraction of sp³-hybridized carbons (Fsp3) is 0.778. The smallest absolute Gasteiger partial charge is 0.0143 e. The highest BCUT2D eigenvalue weighted by molar-refractivity contribution is 5.35. The Kier molecular flexibility index (Phi) is 7.09. The van der Waals surface area contributed by atoms with E-state index in [0.29, 0.717) is 5.41 Å². The monoisotopic (exact) mass is 368 g/mol. The van der Waals surface area contributed by atoms with Gasteiger partial charge in [0.15, 0.2) is 0 Å². The van der Waals surface area contributed by atoms with E-state index in [1.54, 1.807) is 5.57 Å². The van der Waals surface area contributed by atoms with E-state index in [1.165, 1.54) is 88.2 Å². The largest absolute Gasteiger partial charge is 0.0956 e. The summed E-state index contributed by atoms with van der Waals surface area (Å²) in [5.41, 5.74) is 5.27. The van der Waals surface area contributed by atoms with Crippen molar-refractivity contribution < 1.29 is 0 Å². The van der Waals surface area contributed by atoms with Gasteiger partial charge in [0, 0.05) is 0 Å². The van der Waals surface area contributed by atoms with Crippen LogP contribution >= 0.6 is 0 Å². The lowest BCUT2D eigenvalue weighted by Crippen LogP contribution is -2.36. The molecule has 0 aliphatic heterocycles. The molecule has 0 radical (unpaired) electrons. The zero-order valence-electron chi connectivity index (χ0n) is 18.7. The highest BCUT2D eigenvalue weighted by Crippen LogP contribution is 2.59. The van der Waals surface area contributed by atoms with Gasteiger partial charge in [-0.2, -0.15) is 0 Å². The summed E-state index contributed by atoms with van der Waals surface area (Å²) in [6.07, 6.45) is 21.5. The molecule has 0 saturated heterocycles. The minimum atomic E-state index is 0.559. The first-order valence-electron chi connectivity index (χ1n) is 12.0. The average Bonchev–Trinajstić information content (AvgIpc) is 2.98. The Morgan fingerprint density at radius 3 is 2.52 bits per heavy atom. The van der Waals surface area contributed by atoms with E-state index in [0.717, 1.165) is 23.7 Å². The highest BCUT2D eigenvalue weighted by Gasteiger charge is 2.50. The predicted molar refractivity (Wildman–Crippen MR) is 120 cm³/mol. The number of fused-ring (bicyclic) bond motifs is 1. The summed E-state index contributed by atoms with van der Waals surface area (Å²) < 4.78 is 0. The lowest BCUT2D eigenvalue weighted by molar-refractivity contribution is 0.0929.